The number of allylic oxidation sites excluding steroid dienone is 1. The van der Waals surface area contributed by atoms with Crippen LogP contribution in [0.3, 0.4) is 0 Å². The number of amides is 1. The Labute approximate surface area is 151 Å². The fourth-order valence-electron chi connectivity index (χ4n) is 3.19. The first-order valence-electron chi connectivity index (χ1n) is 8.71. The Morgan fingerprint density at radius 3 is 2.85 bits per heavy atom. The van der Waals surface area contributed by atoms with Crippen molar-refractivity contribution in [3.05, 3.63) is 23.8 Å². The normalized spacial score (nSPS) is 30.4. The number of hydrogen-bond donors (Lipinski definition) is 4. The Bertz CT molecular complexity index is 699. The molecular formula is C17H24F2N6O. The van der Waals surface area contributed by atoms with Gasteiger partial charge in [0, 0.05) is 43.1 Å². The van der Waals surface area contributed by atoms with Gasteiger partial charge in [-0.2, -0.15) is 0 Å². The summed E-state index contributed by atoms with van der Waals surface area (Å²) in [5.74, 6) is -0.322. The number of nitrogens with zero attached hydrogens (tertiary/aromatic N) is 2. The van der Waals surface area contributed by atoms with Crippen molar-refractivity contribution in [1.29, 1.82) is 0 Å². The molecule has 142 valence electrons. The van der Waals surface area contributed by atoms with Crippen LogP contribution in [0.5, 0.6) is 0 Å². The van der Waals surface area contributed by atoms with Gasteiger partial charge in [-0.1, -0.05) is 0 Å². The minimum Gasteiger partial charge on any atom is -0.370 e. The second-order valence-electron chi connectivity index (χ2n) is 7.06. The van der Waals surface area contributed by atoms with Gasteiger partial charge in [0.15, 0.2) is 12.0 Å². The van der Waals surface area contributed by atoms with Gasteiger partial charge in [-0.05, 0) is 20.8 Å². The van der Waals surface area contributed by atoms with E-state index in [0.29, 0.717) is 12.4 Å². The lowest BCUT2D eigenvalue weighted by atomic mass is 9.92. The van der Waals surface area contributed by atoms with Crippen molar-refractivity contribution in [1.82, 2.24) is 21.3 Å². The smallest absolute Gasteiger partial charge is 0.239 e. The number of aliphatic imine (C=N–C) groups is 2. The summed E-state index contributed by atoms with van der Waals surface area (Å²) in [5, 5.41) is 11.7. The summed E-state index contributed by atoms with van der Waals surface area (Å²) in [5.41, 5.74) is -0.284. The van der Waals surface area contributed by atoms with Crippen LogP contribution in [-0.4, -0.2) is 48.5 Å². The van der Waals surface area contributed by atoms with Crippen LogP contribution in [-0.2, 0) is 4.79 Å². The average Bonchev–Trinajstić information content (AvgIpc) is 3.00. The first-order valence-corrected chi connectivity index (χ1v) is 8.71. The molecule has 3 unspecified atom stereocenters. The quantitative estimate of drug-likeness (QED) is 0.581. The number of amidine groups is 1. The Balaban J connectivity index is 1.77. The molecule has 0 bridgehead atoms. The van der Waals surface area contributed by atoms with Gasteiger partial charge in [-0.15, -0.1) is 0 Å². The SMILES string of the molecule is CCNC(=O)C(C)(C)NC1N=C(C2=CNC3NC=C(F)C[C@@H]23)N=CC1F. The number of likely N-dealkylation sites (N-methyl/N-ethyl adjacent to an activating group) is 1. The molecule has 0 saturated carbocycles. The Morgan fingerprint density at radius 1 is 1.38 bits per heavy atom. The van der Waals surface area contributed by atoms with Gasteiger partial charge in [0.2, 0.25) is 5.91 Å². The van der Waals surface area contributed by atoms with E-state index in [1.165, 1.54) is 12.4 Å². The van der Waals surface area contributed by atoms with Crippen LogP contribution in [0, 0.1) is 5.92 Å². The second-order valence-corrected chi connectivity index (χ2v) is 7.06. The average molecular weight is 366 g/mol. The topological polar surface area (TPSA) is 89.9 Å². The monoisotopic (exact) mass is 366 g/mol. The number of nitrogens with one attached hydrogen (secondary N) is 4. The van der Waals surface area contributed by atoms with E-state index in [-0.39, 0.29) is 30.2 Å². The molecule has 1 amide bonds. The zero-order chi connectivity index (χ0) is 18.9. The third-order valence-electron chi connectivity index (χ3n) is 4.63. The van der Waals surface area contributed by atoms with E-state index >= 15 is 0 Å². The molecule has 9 heteroatoms. The number of carbonyl (C=O) groups is 1. The molecule has 4 atom stereocenters. The highest BCUT2D eigenvalue weighted by Gasteiger charge is 2.38. The molecule has 0 aliphatic carbocycles. The van der Waals surface area contributed by atoms with Crippen LogP contribution in [0.4, 0.5) is 8.78 Å². The number of alkyl halides is 1. The lowest BCUT2D eigenvalue weighted by Crippen LogP contribution is -2.58. The molecule has 3 aliphatic heterocycles. The second kappa shape index (κ2) is 7.14. The van der Waals surface area contributed by atoms with E-state index in [1.807, 2.05) is 6.92 Å². The van der Waals surface area contributed by atoms with Crippen LogP contribution in [0.15, 0.2) is 33.8 Å². The van der Waals surface area contributed by atoms with Crippen molar-refractivity contribution in [3.8, 4) is 0 Å². The molecule has 26 heavy (non-hydrogen) atoms. The van der Waals surface area contributed by atoms with Crippen molar-refractivity contribution in [2.24, 2.45) is 15.9 Å². The molecule has 0 aromatic heterocycles. The van der Waals surface area contributed by atoms with Crippen molar-refractivity contribution >= 4 is 18.0 Å². The maximum Gasteiger partial charge on any atom is 0.239 e. The van der Waals surface area contributed by atoms with Gasteiger partial charge in [0.25, 0.3) is 0 Å². The van der Waals surface area contributed by atoms with E-state index in [4.69, 9.17) is 0 Å². The van der Waals surface area contributed by atoms with Crippen LogP contribution < -0.4 is 21.3 Å². The van der Waals surface area contributed by atoms with Gasteiger partial charge >= 0.3 is 0 Å². The maximum atomic E-state index is 14.3. The molecule has 0 aromatic carbocycles. The predicted molar refractivity (Wildman–Crippen MR) is 95.9 cm³/mol. The molecule has 3 rings (SSSR count). The van der Waals surface area contributed by atoms with Gasteiger partial charge in [-0.25, -0.2) is 18.8 Å². The highest BCUT2D eigenvalue weighted by Crippen LogP contribution is 2.32. The van der Waals surface area contributed by atoms with Crippen molar-refractivity contribution in [2.75, 3.05) is 6.54 Å². The number of carbonyl (C=O) groups excluding carboxylic acids is 1. The summed E-state index contributed by atoms with van der Waals surface area (Å²) >= 11 is 0. The first-order chi connectivity index (χ1) is 12.3. The van der Waals surface area contributed by atoms with Gasteiger partial charge in [-0.3, -0.25) is 10.1 Å². The highest BCUT2D eigenvalue weighted by molar-refractivity contribution is 6.05. The summed E-state index contributed by atoms with van der Waals surface area (Å²) in [7, 11) is 0. The molecular weight excluding hydrogens is 342 g/mol. The molecule has 0 spiro atoms. The minimum atomic E-state index is -1.46. The molecule has 0 aromatic rings. The minimum absolute atomic E-state index is 0.135. The predicted octanol–water partition coefficient (Wildman–Crippen LogP) is 0.871. The summed E-state index contributed by atoms with van der Waals surface area (Å²) in [6.45, 7) is 5.64. The third kappa shape index (κ3) is 3.62. The number of rotatable bonds is 5. The standard InChI is InChI=1S/C17H24F2N6O/c1-4-20-16(26)17(2,3)25-15-12(19)8-23-14(24-15)11-7-22-13-10(11)5-9(18)6-21-13/h6-8,10,12-13,15,21-22,25H,4-5H2,1-3H3,(H,20,26)/t10-,12?,13?,15?/m0/s1. The summed E-state index contributed by atoms with van der Waals surface area (Å²) < 4.78 is 27.9. The lowest BCUT2D eigenvalue weighted by Gasteiger charge is -2.31. The van der Waals surface area contributed by atoms with E-state index in [2.05, 4.69) is 31.3 Å². The van der Waals surface area contributed by atoms with E-state index in [0.717, 1.165) is 5.57 Å². The molecule has 0 saturated heterocycles. The summed E-state index contributed by atoms with van der Waals surface area (Å²) in [4.78, 5) is 20.6. The van der Waals surface area contributed by atoms with Crippen LogP contribution in [0.1, 0.15) is 27.2 Å². The van der Waals surface area contributed by atoms with Crippen LogP contribution >= 0.6 is 0 Å². The van der Waals surface area contributed by atoms with Crippen molar-refractivity contribution in [3.63, 3.8) is 0 Å². The molecule has 0 fully saturated rings. The maximum absolute atomic E-state index is 14.3. The fraction of sp³-hybridized carbons (Fsp3) is 0.588. The first kappa shape index (κ1) is 18.5. The number of halogens is 2. The zero-order valence-corrected chi connectivity index (χ0v) is 15.0. The van der Waals surface area contributed by atoms with E-state index in [9.17, 15) is 13.6 Å². The van der Waals surface area contributed by atoms with Crippen LogP contribution in [0.25, 0.3) is 0 Å². The molecule has 0 radical (unpaired) electrons. The van der Waals surface area contributed by atoms with E-state index in [1.54, 1.807) is 20.0 Å². The molecule has 3 aliphatic rings. The summed E-state index contributed by atoms with van der Waals surface area (Å²) in [6, 6.07) is 0. The summed E-state index contributed by atoms with van der Waals surface area (Å²) in [6.07, 6.45) is 1.93. The number of fused-ring (bicyclic) bond motifs is 1. The zero-order valence-electron chi connectivity index (χ0n) is 15.0. The van der Waals surface area contributed by atoms with Crippen molar-refractivity contribution in [2.45, 2.75) is 51.2 Å². The van der Waals surface area contributed by atoms with Crippen LogP contribution in [0.2, 0.25) is 0 Å². The Hall–Kier alpha value is -2.29. The number of hydrogen-bond acceptors (Lipinski definition) is 6. The Kier molecular flexibility index (Phi) is 5.08. The lowest BCUT2D eigenvalue weighted by molar-refractivity contribution is -0.126. The van der Waals surface area contributed by atoms with Gasteiger partial charge in [0.1, 0.15) is 18.2 Å². The fourth-order valence-corrected chi connectivity index (χ4v) is 3.19. The largest absolute Gasteiger partial charge is 0.370 e. The highest BCUT2D eigenvalue weighted by atomic mass is 19.1. The van der Waals surface area contributed by atoms with E-state index < -0.39 is 17.9 Å². The van der Waals surface area contributed by atoms with Gasteiger partial charge < -0.3 is 16.0 Å². The molecule has 4 N–H and O–H groups in total. The third-order valence-corrected chi connectivity index (χ3v) is 4.63. The molecule has 7 nitrogen and oxygen atoms in total. The van der Waals surface area contributed by atoms with Gasteiger partial charge in [0.05, 0.1) is 5.54 Å². The van der Waals surface area contributed by atoms with Crippen molar-refractivity contribution < 1.29 is 13.6 Å². The Morgan fingerprint density at radius 2 is 2.12 bits per heavy atom. The molecule has 3 heterocycles.